The summed E-state index contributed by atoms with van der Waals surface area (Å²) < 4.78 is 1.99. The van der Waals surface area contributed by atoms with E-state index in [1.54, 1.807) is 6.33 Å². The van der Waals surface area contributed by atoms with Gasteiger partial charge in [0.1, 0.15) is 12.2 Å². The predicted octanol–water partition coefficient (Wildman–Crippen LogP) is 1.04. The summed E-state index contributed by atoms with van der Waals surface area (Å²) in [5.74, 6) is 1.37. The molecule has 0 N–H and O–H groups in total. The second kappa shape index (κ2) is 5.75. The minimum absolute atomic E-state index is 0.338. The van der Waals surface area contributed by atoms with Crippen LogP contribution < -0.4 is 0 Å². The Morgan fingerprint density at radius 3 is 2.67 bits per heavy atom. The number of carbonyl (C=O) groups is 1. The van der Waals surface area contributed by atoms with Crippen LogP contribution in [-0.4, -0.2) is 56.7 Å². The first-order chi connectivity index (χ1) is 10.1. The normalized spacial score (nSPS) is 23.0. The highest BCUT2D eigenvalue weighted by Gasteiger charge is 2.40. The zero-order valence-corrected chi connectivity index (χ0v) is 13.1. The van der Waals surface area contributed by atoms with E-state index in [1.807, 2.05) is 16.5 Å². The number of hydrogen-bond acceptors (Lipinski definition) is 4. The van der Waals surface area contributed by atoms with Gasteiger partial charge in [0.25, 0.3) is 0 Å². The highest BCUT2D eigenvalue weighted by Crippen LogP contribution is 2.40. The maximum atomic E-state index is 11.9. The van der Waals surface area contributed by atoms with E-state index in [4.69, 9.17) is 0 Å². The van der Waals surface area contributed by atoms with Gasteiger partial charge in [-0.05, 0) is 44.7 Å². The van der Waals surface area contributed by atoms with Gasteiger partial charge in [0.05, 0.1) is 6.54 Å². The number of piperidine rings is 2. The zero-order valence-electron chi connectivity index (χ0n) is 13.1. The van der Waals surface area contributed by atoms with Crippen LogP contribution in [0.15, 0.2) is 6.33 Å². The van der Waals surface area contributed by atoms with Gasteiger partial charge in [-0.1, -0.05) is 0 Å². The van der Waals surface area contributed by atoms with Crippen molar-refractivity contribution in [1.82, 2.24) is 24.6 Å². The van der Waals surface area contributed by atoms with Crippen LogP contribution in [0.3, 0.4) is 0 Å². The summed E-state index contributed by atoms with van der Waals surface area (Å²) in [6.45, 7) is 6.96. The van der Waals surface area contributed by atoms with Crippen molar-refractivity contribution in [2.24, 2.45) is 12.5 Å². The number of likely N-dealkylation sites (tertiary alicyclic amines) is 2. The fourth-order valence-corrected chi connectivity index (χ4v) is 3.63. The summed E-state index contributed by atoms with van der Waals surface area (Å²) in [5, 5.41) is 8.11. The monoisotopic (exact) mass is 291 g/mol. The molecule has 0 radical (unpaired) electrons. The van der Waals surface area contributed by atoms with Crippen molar-refractivity contribution >= 4 is 5.91 Å². The Labute approximate surface area is 126 Å². The molecule has 6 nitrogen and oxygen atoms in total. The first-order valence-corrected chi connectivity index (χ1v) is 7.95. The summed E-state index contributed by atoms with van der Waals surface area (Å²) in [5.41, 5.74) is 0.361. The van der Waals surface area contributed by atoms with Crippen molar-refractivity contribution in [1.29, 1.82) is 0 Å². The molecular formula is C15H25N5O. The topological polar surface area (TPSA) is 54.3 Å². The van der Waals surface area contributed by atoms with Crippen LogP contribution in [0.1, 0.15) is 38.4 Å². The summed E-state index contributed by atoms with van der Waals surface area (Å²) >= 11 is 0. The lowest BCUT2D eigenvalue weighted by atomic mass is 9.72. The summed E-state index contributed by atoms with van der Waals surface area (Å²) in [6, 6.07) is 0. The Morgan fingerprint density at radius 1 is 1.29 bits per heavy atom. The molecule has 1 aromatic rings. The van der Waals surface area contributed by atoms with Crippen LogP contribution in [0, 0.1) is 5.41 Å². The third-order valence-electron chi connectivity index (χ3n) is 5.22. The van der Waals surface area contributed by atoms with Crippen molar-refractivity contribution < 1.29 is 4.79 Å². The molecule has 1 spiro atoms. The molecule has 0 saturated carbocycles. The predicted molar refractivity (Wildman–Crippen MR) is 79.4 cm³/mol. The molecular weight excluding hydrogens is 266 g/mol. The van der Waals surface area contributed by atoms with E-state index >= 15 is 0 Å². The first kappa shape index (κ1) is 14.5. The molecule has 0 unspecified atom stereocenters. The van der Waals surface area contributed by atoms with Gasteiger partial charge in [0.2, 0.25) is 5.91 Å². The number of hydrogen-bond donors (Lipinski definition) is 0. The number of rotatable bonds is 3. The summed E-state index contributed by atoms with van der Waals surface area (Å²) in [6.07, 6.45) is 5.94. The molecule has 2 aliphatic heterocycles. The van der Waals surface area contributed by atoms with Gasteiger partial charge in [-0.3, -0.25) is 9.69 Å². The molecule has 1 amide bonds. The maximum Gasteiger partial charge on any atom is 0.222 e. The van der Waals surface area contributed by atoms with E-state index in [0.717, 1.165) is 51.4 Å². The average Bonchev–Trinajstić information content (AvgIpc) is 2.90. The standard InChI is InChI=1S/C15H25N5O/c1-3-20-11-15(5-4-14(20)21)6-8-19(9-7-15)10-13-17-16-12-18(13)2/h12H,3-11H2,1-2H3. The van der Waals surface area contributed by atoms with Gasteiger partial charge in [-0.2, -0.15) is 0 Å². The molecule has 1 aromatic heterocycles. The summed E-state index contributed by atoms with van der Waals surface area (Å²) in [7, 11) is 1.99. The van der Waals surface area contributed by atoms with E-state index in [1.165, 1.54) is 12.8 Å². The molecule has 0 aromatic carbocycles. The van der Waals surface area contributed by atoms with Gasteiger partial charge in [0.15, 0.2) is 0 Å². The van der Waals surface area contributed by atoms with E-state index in [2.05, 4.69) is 22.0 Å². The second-order valence-corrected chi connectivity index (χ2v) is 6.54. The van der Waals surface area contributed by atoms with E-state index < -0.39 is 0 Å². The molecule has 2 saturated heterocycles. The first-order valence-electron chi connectivity index (χ1n) is 7.95. The second-order valence-electron chi connectivity index (χ2n) is 6.54. The smallest absolute Gasteiger partial charge is 0.222 e. The Kier molecular flexibility index (Phi) is 3.97. The highest BCUT2D eigenvalue weighted by atomic mass is 16.2. The number of nitrogens with zero attached hydrogens (tertiary/aromatic N) is 5. The quantitative estimate of drug-likeness (QED) is 0.835. The lowest BCUT2D eigenvalue weighted by molar-refractivity contribution is -0.138. The van der Waals surface area contributed by atoms with Gasteiger partial charge in [-0.15, -0.1) is 10.2 Å². The van der Waals surface area contributed by atoms with E-state index in [-0.39, 0.29) is 0 Å². The zero-order chi connectivity index (χ0) is 14.9. The lowest BCUT2D eigenvalue weighted by Crippen LogP contribution is -2.51. The van der Waals surface area contributed by atoms with E-state index in [0.29, 0.717) is 11.3 Å². The SMILES string of the molecule is CCN1CC2(CCC1=O)CCN(Cc1nncn1C)CC2. The van der Waals surface area contributed by atoms with Crippen molar-refractivity contribution in [3.05, 3.63) is 12.2 Å². The van der Waals surface area contributed by atoms with Crippen molar-refractivity contribution in [3.8, 4) is 0 Å². The molecule has 6 heteroatoms. The number of carbonyl (C=O) groups excluding carboxylic acids is 1. The third kappa shape index (κ3) is 2.95. The molecule has 2 fully saturated rings. The Balaban J connectivity index is 1.57. The van der Waals surface area contributed by atoms with Crippen molar-refractivity contribution in [2.75, 3.05) is 26.2 Å². The Morgan fingerprint density at radius 2 is 2.05 bits per heavy atom. The van der Waals surface area contributed by atoms with Gasteiger partial charge < -0.3 is 9.47 Å². The number of aryl methyl sites for hydroxylation is 1. The fourth-order valence-electron chi connectivity index (χ4n) is 3.63. The molecule has 116 valence electrons. The Hall–Kier alpha value is -1.43. The van der Waals surface area contributed by atoms with Crippen molar-refractivity contribution in [3.63, 3.8) is 0 Å². The molecule has 3 rings (SSSR count). The van der Waals surface area contributed by atoms with E-state index in [9.17, 15) is 4.79 Å². The fraction of sp³-hybridized carbons (Fsp3) is 0.800. The molecule has 21 heavy (non-hydrogen) atoms. The molecule has 0 bridgehead atoms. The Bertz CT molecular complexity index is 504. The number of amides is 1. The van der Waals surface area contributed by atoms with Gasteiger partial charge >= 0.3 is 0 Å². The van der Waals surface area contributed by atoms with Crippen LogP contribution in [0.2, 0.25) is 0 Å². The average molecular weight is 291 g/mol. The maximum absolute atomic E-state index is 11.9. The third-order valence-corrected chi connectivity index (χ3v) is 5.22. The van der Waals surface area contributed by atoms with Crippen LogP contribution >= 0.6 is 0 Å². The van der Waals surface area contributed by atoms with Crippen LogP contribution in [-0.2, 0) is 18.4 Å². The number of aromatic nitrogens is 3. The van der Waals surface area contributed by atoms with Crippen LogP contribution in [0.4, 0.5) is 0 Å². The minimum Gasteiger partial charge on any atom is -0.342 e. The van der Waals surface area contributed by atoms with Crippen LogP contribution in [0.5, 0.6) is 0 Å². The van der Waals surface area contributed by atoms with Crippen LogP contribution in [0.25, 0.3) is 0 Å². The van der Waals surface area contributed by atoms with Gasteiger partial charge in [0, 0.05) is 26.6 Å². The minimum atomic E-state index is 0.338. The molecule has 0 aliphatic carbocycles. The van der Waals surface area contributed by atoms with Gasteiger partial charge in [-0.25, -0.2) is 0 Å². The molecule has 3 heterocycles. The van der Waals surface area contributed by atoms with Crippen molar-refractivity contribution in [2.45, 2.75) is 39.2 Å². The molecule has 2 aliphatic rings. The lowest BCUT2D eigenvalue weighted by Gasteiger charge is -2.47. The highest BCUT2D eigenvalue weighted by molar-refractivity contribution is 5.77. The molecule has 0 atom stereocenters. The summed E-state index contributed by atoms with van der Waals surface area (Å²) in [4.78, 5) is 16.4. The largest absolute Gasteiger partial charge is 0.342 e.